The zero-order valence-electron chi connectivity index (χ0n) is 13.7. The van der Waals surface area contributed by atoms with Gasteiger partial charge in [-0.05, 0) is 29.0 Å². The van der Waals surface area contributed by atoms with E-state index in [2.05, 4.69) is 0 Å². The number of nitrogen functional groups attached to an aromatic ring is 1. The van der Waals surface area contributed by atoms with Crippen molar-refractivity contribution >= 4 is 26.7 Å². The summed E-state index contributed by atoms with van der Waals surface area (Å²) >= 11 is 0. The molecule has 0 spiro atoms. The van der Waals surface area contributed by atoms with Crippen molar-refractivity contribution in [3.05, 3.63) is 54.5 Å². The third-order valence-corrected chi connectivity index (χ3v) is 3.32. The van der Waals surface area contributed by atoms with Gasteiger partial charge >= 0.3 is 0 Å². The molecule has 0 amide bonds. The summed E-state index contributed by atoms with van der Waals surface area (Å²) in [6, 6.07) is 11.5. The zero-order chi connectivity index (χ0) is 18.6. The lowest BCUT2D eigenvalue weighted by Gasteiger charge is -2.11. The SMILES string of the molecule is COc1ccc2ccc(C(=N)N)cc2c1-c1ccoc1.CS(=O)(=O)O. The van der Waals surface area contributed by atoms with E-state index in [0.717, 1.165) is 27.6 Å². The number of hydrogen-bond acceptors (Lipinski definition) is 5. The molecule has 2 aromatic carbocycles. The quantitative estimate of drug-likeness (QED) is 0.373. The first-order chi connectivity index (χ1) is 11.7. The van der Waals surface area contributed by atoms with Gasteiger partial charge in [-0.3, -0.25) is 9.96 Å². The first-order valence-corrected chi connectivity index (χ1v) is 8.95. The number of nitrogens with one attached hydrogen (secondary N) is 1. The highest BCUT2D eigenvalue weighted by atomic mass is 32.2. The molecule has 0 saturated carbocycles. The van der Waals surface area contributed by atoms with Gasteiger partial charge in [0.05, 0.1) is 25.9 Å². The van der Waals surface area contributed by atoms with Gasteiger partial charge in [0.15, 0.2) is 0 Å². The fourth-order valence-corrected chi connectivity index (χ4v) is 2.34. The molecule has 0 radical (unpaired) electrons. The average molecular weight is 362 g/mol. The van der Waals surface area contributed by atoms with Crippen molar-refractivity contribution in [3.8, 4) is 16.9 Å². The summed E-state index contributed by atoms with van der Waals surface area (Å²) < 4.78 is 36.5. The van der Waals surface area contributed by atoms with Crippen LogP contribution in [-0.2, 0) is 10.1 Å². The van der Waals surface area contributed by atoms with Crippen LogP contribution >= 0.6 is 0 Å². The van der Waals surface area contributed by atoms with Crippen molar-refractivity contribution < 1.29 is 22.1 Å². The Kier molecular flexibility index (Phi) is 5.45. The monoisotopic (exact) mass is 362 g/mol. The van der Waals surface area contributed by atoms with Crippen LogP contribution in [0, 0.1) is 5.41 Å². The predicted octanol–water partition coefficient (Wildman–Crippen LogP) is 2.90. The molecule has 0 bridgehead atoms. The molecular formula is C17H18N2O5S. The van der Waals surface area contributed by atoms with Crippen molar-refractivity contribution in [1.29, 1.82) is 5.41 Å². The molecular weight excluding hydrogens is 344 g/mol. The molecule has 8 heteroatoms. The first kappa shape index (κ1) is 18.5. The van der Waals surface area contributed by atoms with Crippen LogP contribution in [0.5, 0.6) is 5.75 Å². The van der Waals surface area contributed by atoms with E-state index >= 15 is 0 Å². The van der Waals surface area contributed by atoms with Gasteiger partial charge in [0, 0.05) is 16.7 Å². The highest BCUT2D eigenvalue weighted by Crippen LogP contribution is 2.37. The Labute approximate surface area is 145 Å². The van der Waals surface area contributed by atoms with Gasteiger partial charge in [-0.25, -0.2) is 0 Å². The third-order valence-electron chi connectivity index (χ3n) is 3.32. The number of nitrogens with two attached hydrogens (primary N) is 1. The second kappa shape index (κ2) is 7.37. The lowest BCUT2D eigenvalue weighted by molar-refractivity contribution is 0.417. The van der Waals surface area contributed by atoms with Gasteiger partial charge in [0.2, 0.25) is 0 Å². The van der Waals surface area contributed by atoms with Crippen LogP contribution in [0.2, 0.25) is 0 Å². The topological polar surface area (TPSA) is 127 Å². The van der Waals surface area contributed by atoms with Gasteiger partial charge in [0.1, 0.15) is 11.6 Å². The molecule has 0 unspecified atom stereocenters. The molecule has 7 nitrogen and oxygen atoms in total. The Bertz CT molecular complexity index is 987. The maximum absolute atomic E-state index is 9.19. The van der Waals surface area contributed by atoms with Crippen LogP contribution in [-0.4, -0.2) is 32.2 Å². The smallest absolute Gasteiger partial charge is 0.261 e. The molecule has 0 saturated heterocycles. The number of benzene rings is 2. The Balaban J connectivity index is 0.000000399. The minimum atomic E-state index is -3.67. The Morgan fingerprint density at radius 1 is 1.24 bits per heavy atom. The van der Waals surface area contributed by atoms with Crippen molar-refractivity contribution in [3.63, 3.8) is 0 Å². The number of fused-ring (bicyclic) bond motifs is 1. The Morgan fingerprint density at radius 3 is 2.40 bits per heavy atom. The van der Waals surface area contributed by atoms with E-state index in [0.29, 0.717) is 11.8 Å². The first-order valence-electron chi connectivity index (χ1n) is 7.11. The molecule has 1 heterocycles. The second-order valence-electron chi connectivity index (χ2n) is 5.24. The highest BCUT2D eigenvalue weighted by Gasteiger charge is 2.12. The van der Waals surface area contributed by atoms with Crippen LogP contribution in [0.25, 0.3) is 21.9 Å². The van der Waals surface area contributed by atoms with Gasteiger partial charge < -0.3 is 14.9 Å². The fraction of sp³-hybridized carbons (Fsp3) is 0.118. The van der Waals surface area contributed by atoms with Crippen LogP contribution < -0.4 is 10.5 Å². The van der Waals surface area contributed by atoms with E-state index in [1.54, 1.807) is 19.6 Å². The van der Waals surface area contributed by atoms with E-state index in [4.69, 9.17) is 24.8 Å². The second-order valence-corrected chi connectivity index (χ2v) is 6.70. The van der Waals surface area contributed by atoms with E-state index in [1.165, 1.54) is 0 Å². The molecule has 3 rings (SSSR count). The molecule has 0 aliphatic heterocycles. The van der Waals surface area contributed by atoms with Crippen molar-refractivity contribution in [2.45, 2.75) is 0 Å². The highest BCUT2D eigenvalue weighted by molar-refractivity contribution is 7.85. The molecule has 4 N–H and O–H groups in total. The molecule has 25 heavy (non-hydrogen) atoms. The molecule has 1 aromatic heterocycles. The van der Waals surface area contributed by atoms with Gasteiger partial charge in [-0.1, -0.05) is 18.2 Å². The maximum Gasteiger partial charge on any atom is 0.261 e. The van der Waals surface area contributed by atoms with E-state index in [9.17, 15) is 8.42 Å². The molecule has 0 aliphatic carbocycles. The van der Waals surface area contributed by atoms with Crippen molar-refractivity contribution in [1.82, 2.24) is 0 Å². The summed E-state index contributed by atoms with van der Waals surface area (Å²) in [6.07, 6.45) is 4.02. The number of amidine groups is 1. The zero-order valence-corrected chi connectivity index (χ0v) is 14.5. The van der Waals surface area contributed by atoms with Crippen LogP contribution in [0.4, 0.5) is 0 Å². The number of methoxy groups -OCH3 is 1. The molecule has 3 aromatic rings. The molecule has 0 aliphatic rings. The fourth-order valence-electron chi connectivity index (χ4n) is 2.34. The number of ether oxygens (including phenoxy) is 1. The van der Waals surface area contributed by atoms with Crippen LogP contribution in [0.15, 0.2) is 53.3 Å². The van der Waals surface area contributed by atoms with Gasteiger partial charge in [-0.15, -0.1) is 0 Å². The molecule has 132 valence electrons. The summed E-state index contributed by atoms with van der Waals surface area (Å²) in [5.41, 5.74) is 8.15. The summed E-state index contributed by atoms with van der Waals surface area (Å²) in [5, 5.41) is 9.63. The normalized spacial score (nSPS) is 10.8. The minimum Gasteiger partial charge on any atom is -0.496 e. The molecule has 0 fully saturated rings. The summed E-state index contributed by atoms with van der Waals surface area (Å²) in [6.45, 7) is 0. The lowest BCUT2D eigenvalue weighted by atomic mass is 9.97. The van der Waals surface area contributed by atoms with Gasteiger partial charge in [-0.2, -0.15) is 8.42 Å². The van der Waals surface area contributed by atoms with Crippen molar-refractivity contribution in [2.75, 3.05) is 13.4 Å². The van der Waals surface area contributed by atoms with E-state index in [-0.39, 0.29) is 5.84 Å². The minimum absolute atomic E-state index is 0.0489. The lowest BCUT2D eigenvalue weighted by Crippen LogP contribution is -2.10. The standard InChI is InChI=1S/C16H14N2O2.CH4O3S/c1-19-14-5-4-10-2-3-11(16(17)18)8-13(10)15(14)12-6-7-20-9-12;1-5(2,3)4/h2-9H,1H3,(H3,17,18);1H3,(H,2,3,4). The summed E-state index contributed by atoms with van der Waals surface area (Å²) in [5.74, 6) is 0.812. The predicted molar refractivity (Wildman–Crippen MR) is 96.7 cm³/mol. The number of furan rings is 1. The number of hydrogen-bond donors (Lipinski definition) is 3. The Hall–Kier alpha value is -2.84. The summed E-state index contributed by atoms with van der Waals surface area (Å²) in [7, 11) is -2.03. The van der Waals surface area contributed by atoms with Crippen molar-refractivity contribution in [2.24, 2.45) is 5.73 Å². The average Bonchev–Trinajstić information content (AvgIpc) is 3.05. The van der Waals surface area contributed by atoms with E-state index < -0.39 is 10.1 Å². The maximum atomic E-state index is 9.19. The van der Waals surface area contributed by atoms with Crippen LogP contribution in [0.1, 0.15) is 5.56 Å². The summed E-state index contributed by atoms with van der Waals surface area (Å²) in [4.78, 5) is 0. The largest absolute Gasteiger partial charge is 0.496 e. The van der Waals surface area contributed by atoms with Gasteiger partial charge in [0.25, 0.3) is 10.1 Å². The molecule has 0 atom stereocenters. The van der Waals surface area contributed by atoms with Crippen LogP contribution in [0.3, 0.4) is 0 Å². The third kappa shape index (κ3) is 4.82. The number of rotatable bonds is 3. The van der Waals surface area contributed by atoms with E-state index in [1.807, 2.05) is 36.4 Å². The Morgan fingerprint density at radius 2 is 1.88 bits per heavy atom.